The molecule has 0 atom stereocenters. The summed E-state index contributed by atoms with van der Waals surface area (Å²) < 4.78 is 53.8. The molecule has 4 nitrogen and oxygen atoms in total. The lowest BCUT2D eigenvalue weighted by molar-refractivity contribution is 0.291. The number of hydrogen-bond donors (Lipinski definition) is 0. The topological polar surface area (TPSA) is 28.6 Å². The number of fused-ring (bicyclic) bond motifs is 2. The first-order chi connectivity index (χ1) is 20.2. The summed E-state index contributed by atoms with van der Waals surface area (Å²) in [5, 5.41) is 1.12. The van der Waals surface area contributed by atoms with Crippen molar-refractivity contribution in [3.05, 3.63) is 101 Å². The Bertz CT molecular complexity index is 1640. The quantitative estimate of drug-likeness (QED) is 0.128. The second kappa shape index (κ2) is 13.3. The van der Waals surface area contributed by atoms with Crippen molar-refractivity contribution in [2.24, 2.45) is 5.41 Å². The van der Waals surface area contributed by atoms with Gasteiger partial charge in [0.25, 0.3) is 0 Å². The summed E-state index contributed by atoms with van der Waals surface area (Å²) in [6.45, 7) is 13.1. The Hall–Kier alpha value is -4.01. The van der Waals surface area contributed by atoms with Crippen LogP contribution in [0.1, 0.15) is 58.4 Å². The second-order valence-corrected chi connectivity index (χ2v) is 13.2. The minimum atomic E-state index is -6.00. The molecule has 1 aromatic carbocycles. The maximum Gasteiger partial charge on any atom is 0.673 e. The molecular formula is C35H43BF4N2O2. The van der Waals surface area contributed by atoms with Crippen LogP contribution in [0.25, 0.3) is 23.0 Å². The fourth-order valence-corrected chi connectivity index (χ4v) is 4.36. The monoisotopic (exact) mass is 610 g/mol. The predicted octanol–water partition coefficient (Wildman–Crippen LogP) is 9.06. The largest absolute Gasteiger partial charge is 0.673 e. The van der Waals surface area contributed by atoms with Crippen molar-refractivity contribution in [3.63, 3.8) is 0 Å². The molecule has 0 spiro atoms. The fourth-order valence-electron chi connectivity index (χ4n) is 4.36. The average Bonchev–Trinajstić information content (AvgIpc) is 2.89. The Morgan fingerprint density at radius 1 is 0.795 bits per heavy atom. The van der Waals surface area contributed by atoms with E-state index in [9.17, 15) is 17.3 Å². The number of nitrogens with zero attached hydrogens (tertiary/aromatic N) is 2. The molecule has 0 saturated heterocycles. The maximum absolute atomic E-state index is 9.75. The van der Waals surface area contributed by atoms with Crippen molar-refractivity contribution in [3.8, 4) is 17.1 Å². The molecule has 0 bridgehead atoms. The highest BCUT2D eigenvalue weighted by molar-refractivity contribution is 6.50. The van der Waals surface area contributed by atoms with E-state index in [0.717, 1.165) is 56.3 Å². The molecule has 0 aromatic heterocycles. The molecule has 3 aliphatic rings. The van der Waals surface area contributed by atoms with Crippen LogP contribution in [0.15, 0.2) is 83.0 Å². The summed E-state index contributed by atoms with van der Waals surface area (Å²) in [4.78, 5) is 2.10. The molecule has 0 fully saturated rings. The van der Waals surface area contributed by atoms with E-state index in [0.29, 0.717) is 0 Å². The van der Waals surface area contributed by atoms with Crippen molar-refractivity contribution >= 4 is 24.6 Å². The van der Waals surface area contributed by atoms with Crippen LogP contribution in [0, 0.1) is 5.41 Å². The molecule has 0 radical (unpaired) electrons. The van der Waals surface area contributed by atoms with Gasteiger partial charge in [-0.25, -0.2) is 4.58 Å². The summed E-state index contributed by atoms with van der Waals surface area (Å²) in [5.41, 5.74) is 5.43. The van der Waals surface area contributed by atoms with Crippen LogP contribution in [0.2, 0.25) is 0 Å². The van der Waals surface area contributed by atoms with Crippen LogP contribution in [0.3, 0.4) is 0 Å². The highest BCUT2D eigenvalue weighted by Crippen LogP contribution is 2.41. The summed E-state index contributed by atoms with van der Waals surface area (Å²) in [7, 11) is 2.19. The Kier molecular flexibility index (Phi) is 10.4. The zero-order chi connectivity index (χ0) is 33.0. The van der Waals surface area contributed by atoms with Gasteiger partial charge in [0.05, 0.1) is 6.07 Å². The Morgan fingerprint density at radius 2 is 1.43 bits per heavy atom. The molecular weight excluding hydrogens is 567 g/mol. The van der Waals surface area contributed by atoms with Crippen molar-refractivity contribution in [1.29, 1.82) is 0 Å². The number of ether oxygens (including phenoxy) is 1. The number of hydrogen-bond acceptors (Lipinski definition) is 3. The lowest BCUT2D eigenvalue weighted by atomic mass is 9.89. The minimum absolute atomic E-state index is 0.0921. The van der Waals surface area contributed by atoms with Crippen molar-refractivity contribution < 1.29 is 26.4 Å². The lowest BCUT2D eigenvalue weighted by Gasteiger charge is -2.29. The van der Waals surface area contributed by atoms with Crippen LogP contribution in [0.4, 0.5) is 23.0 Å². The lowest BCUT2D eigenvalue weighted by Crippen LogP contribution is -2.21. The van der Waals surface area contributed by atoms with Gasteiger partial charge in [0, 0.05) is 53.9 Å². The van der Waals surface area contributed by atoms with Crippen molar-refractivity contribution in [2.45, 2.75) is 47.0 Å². The standard InChI is InChI=1S/C35H43N2O2.BF4/c1-34(2,3)32-20-24(28-18-16-26(36(7)8)22-30(28)38-32)14-12-11-13-15-25-21-33(35(4,5)6)39-31-23-27(37(9)10)17-19-29(25)31;2-1(3,4)5/h11-23H,1-10H3;/q+1;-1. The van der Waals surface area contributed by atoms with Crippen LogP contribution >= 0.6 is 0 Å². The zero-order valence-corrected chi connectivity index (χ0v) is 27.3. The van der Waals surface area contributed by atoms with Crippen LogP contribution < -0.4 is 19.6 Å². The van der Waals surface area contributed by atoms with Crippen LogP contribution in [0.5, 0.6) is 5.75 Å². The molecule has 0 unspecified atom stereocenters. The smallest absolute Gasteiger partial charge is 0.460 e. The Morgan fingerprint density at radius 3 is 2.00 bits per heavy atom. The first-order valence-corrected chi connectivity index (χ1v) is 14.5. The van der Waals surface area contributed by atoms with Gasteiger partial charge in [0.15, 0.2) is 0 Å². The van der Waals surface area contributed by atoms with Crippen LogP contribution in [-0.2, 0) is 5.41 Å². The maximum atomic E-state index is 9.75. The number of rotatable bonds is 4. The third-order valence-electron chi connectivity index (χ3n) is 6.85. The van der Waals surface area contributed by atoms with E-state index in [-0.39, 0.29) is 10.8 Å². The molecule has 0 saturated carbocycles. The summed E-state index contributed by atoms with van der Waals surface area (Å²) >= 11 is 0. The number of allylic oxidation sites excluding steroid dienone is 7. The molecule has 44 heavy (non-hydrogen) atoms. The first kappa shape index (κ1) is 34.5. The van der Waals surface area contributed by atoms with E-state index in [1.54, 1.807) is 0 Å². The minimum Gasteiger partial charge on any atom is -0.460 e. The number of benzene rings is 2. The van der Waals surface area contributed by atoms with E-state index in [1.807, 2.05) is 28.2 Å². The SMILES string of the molecule is CN(C)c1ccc2c(c1)OC(C(C)(C)C)=C\C2=C/C=C/C=C/c1cc(C(C)(C)C)oc2cc(=[N+](C)C)ccc1-2.F[B-](F)(F)F. The van der Waals surface area contributed by atoms with Gasteiger partial charge >= 0.3 is 7.25 Å². The molecule has 2 aliphatic heterocycles. The van der Waals surface area contributed by atoms with Gasteiger partial charge in [-0.1, -0.05) is 71.9 Å². The first-order valence-electron chi connectivity index (χ1n) is 14.5. The van der Waals surface area contributed by atoms with Crippen LogP contribution in [-0.4, -0.2) is 35.4 Å². The second-order valence-electron chi connectivity index (χ2n) is 13.2. The molecule has 236 valence electrons. The third kappa shape index (κ3) is 9.50. The van der Waals surface area contributed by atoms with Gasteiger partial charge in [0.2, 0.25) is 5.36 Å². The van der Waals surface area contributed by atoms with Gasteiger partial charge in [-0.15, -0.1) is 0 Å². The van der Waals surface area contributed by atoms with Gasteiger partial charge in [-0.3, -0.25) is 0 Å². The van der Waals surface area contributed by atoms with E-state index in [1.165, 1.54) is 0 Å². The van der Waals surface area contributed by atoms with Crippen molar-refractivity contribution in [1.82, 2.24) is 4.58 Å². The predicted molar refractivity (Wildman–Crippen MR) is 176 cm³/mol. The highest BCUT2D eigenvalue weighted by Gasteiger charge is 2.26. The van der Waals surface area contributed by atoms with Crippen molar-refractivity contribution in [2.75, 3.05) is 33.1 Å². The van der Waals surface area contributed by atoms with Gasteiger partial charge in [-0.2, -0.15) is 0 Å². The van der Waals surface area contributed by atoms with E-state index < -0.39 is 7.25 Å². The average molecular weight is 611 g/mol. The molecule has 0 N–H and O–H groups in total. The van der Waals surface area contributed by atoms with E-state index in [2.05, 4.69) is 130 Å². The fraction of sp³-hybridized carbons (Fsp3) is 0.343. The normalized spacial score (nSPS) is 14.8. The molecule has 2 heterocycles. The summed E-state index contributed by atoms with van der Waals surface area (Å²) in [5.74, 6) is 3.73. The Labute approximate surface area is 258 Å². The van der Waals surface area contributed by atoms with Gasteiger partial charge < -0.3 is 31.3 Å². The zero-order valence-electron chi connectivity index (χ0n) is 27.3. The number of halogens is 4. The molecule has 1 aromatic rings. The van der Waals surface area contributed by atoms with E-state index in [4.69, 9.17) is 9.15 Å². The highest BCUT2D eigenvalue weighted by atomic mass is 19.5. The summed E-state index contributed by atoms with van der Waals surface area (Å²) in [6, 6.07) is 15.0. The molecule has 9 heteroatoms. The summed E-state index contributed by atoms with van der Waals surface area (Å²) in [6.07, 6.45) is 12.8. The Balaban J connectivity index is 0.000000978. The molecule has 0 amide bonds. The third-order valence-corrected chi connectivity index (χ3v) is 6.85. The molecule has 4 rings (SSSR count). The van der Waals surface area contributed by atoms with Gasteiger partial charge in [-0.05, 0) is 41.5 Å². The number of anilines is 1. The van der Waals surface area contributed by atoms with Gasteiger partial charge in [0.1, 0.15) is 37.1 Å². The van der Waals surface area contributed by atoms with E-state index >= 15 is 0 Å². The molecule has 1 aliphatic carbocycles.